The van der Waals surface area contributed by atoms with Crippen LogP contribution < -0.4 is 0 Å². The Labute approximate surface area is 105 Å². The zero-order valence-corrected chi connectivity index (χ0v) is 10.7. The van der Waals surface area contributed by atoms with E-state index in [0.29, 0.717) is 0 Å². The summed E-state index contributed by atoms with van der Waals surface area (Å²) in [7, 11) is 3.41. The maximum atomic E-state index is 13.7. The number of nitrogens with zero attached hydrogens (tertiary/aromatic N) is 1. The molecule has 1 atom stereocenters. The van der Waals surface area contributed by atoms with Gasteiger partial charge in [0.2, 0.25) is 0 Å². The van der Waals surface area contributed by atoms with Crippen LogP contribution in [0.2, 0.25) is 0 Å². The Balaban J connectivity index is 2.98. The van der Waals surface area contributed by atoms with Gasteiger partial charge in [0.15, 0.2) is 11.6 Å². The summed E-state index contributed by atoms with van der Waals surface area (Å²) >= 11 is 0. The maximum absolute atomic E-state index is 13.7. The SMILES string of the molecule is CCOC(=O)CC(c1cccc(F)c1F)N(C)C. The van der Waals surface area contributed by atoms with E-state index in [1.54, 1.807) is 25.9 Å². The highest BCUT2D eigenvalue weighted by atomic mass is 19.2. The van der Waals surface area contributed by atoms with Gasteiger partial charge in [0, 0.05) is 11.6 Å². The van der Waals surface area contributed by atoms with Crippen LogP contribution in [0, 0.1) is 11.6 Å². The van der Waals surface area contributed by atoms with E-state index in [4.69, 9.17) is 4.74 Å². The van der Waals surface area contributed by atoms with E-state index in [2.05, 4.69) is 0 Å². The van der Waals surface area contributed by atoms with E-state index in [9.17, 15) is 13.6 Å². The number of esters is 1. The minimum absolute atomic E-state index is 0.0127. The molecule has 3 nitrogen and oxygen atoms in total. The molecule has 5 heteroatoms. The molecule has 1 unspecified atom stereocenters. The lowest BCUT2D eigenvalue weighted by Gasteiger charge is -2.24. The number of benzene rings is 1. The van der Waals surface area contributed by atoms with E-state index in [-0.39, 0.29) is 18.6 Å². The number of halogens is 2. The van der Waals surface area contributed by atoms with Crippen molar-refractivity contribution in [3.63, 3.8) is 0 Å². The van der Waals surface area contributed by atoms with Crippen LogP contribution in [0.25, 0.3) is 0 Å². The quantitative estimate of drug-likeness (QED) is 0.759. The number of hydrogen-bond acceptors (Lipinski definition) is 3. The molecule has 0 amide bonds. The van der Waals surface area contributed by atoms with E-state index >= 15 is 0 Å². The maximum Gasteiger partial charge on any atom is 0.307 e. The third-order valence-corrected chi connectivity index (χ3v) is 2.63. The lowest BCUT2D eigenvalue weighted by atomic mass is 10.0. The summed E-state index contributed by atoms with van der Waals surface area (Å²) in [4.78, 5) is 13.1. The molecule has 0 N–H and O–H groups in total. The van der Waals surface area contributed by atoms with E-state index in [0.717, 1.165) is 6.07 Å². The molecular weight excluding hydrogens is 240 g/mol. The normalized spacial score (nSPS) is 12.6. The monoisotopic (exact) mass is 257 g/mol. The summed E-state index contributed by atoms with van der Waals surface area (Å²) in [6, 6.07) is 3.41. The van der Waals surface area contributed by atoms with Crippen LogP contribution in [0.5, 0.6) is 0 Å². The second-order valence-corrected chi connectivity index (χ2v) is 4.13. The summed E-state index contributed by atoms with van der Waals surface area (Å²) in [6.07, 6.45) is -0.0127. The number of hydrogen-bond donors (Lipinski definition) is 0. The first-order chi connectivity index (χ1) is 8.47. The predicted octanol–water partition coefficient (Wildman–Crippen LogP) is 2.52. The first-order valence-corrected chi connectivity index (χ1v) is 5.73. The minimum atomic E-state index is -0.916. The van der Waals surface area contributed by atoms with Crippen molar-refractivity contribution < 1.29 is 18.3 Å². The van der Waals surface area contributed by atoms with E-state index < -0.39 is 23.6 Å². The van der Waals surface area contributed by atoms with Crippen molar-refractivity contribution in [2.24, 2.45) is 0 Å². The third kappa shape index (κ3) is 3.50. The molecule has 0 radical (unpaired) electrons. The number of ether oxygens (including phenoxy) is 1. The van der Waals surface area contributed by atoms with Gasteiger partial charge in [-0.25, -0.2) is 8.78 Å². The molecule has 0 fully saturated rings. The largest absolute Gasteiger partial charge is 0.466 e. The Hall–Kier alpha value is -1.49. The Kier molecular flexibility index (Phi) is 5.22. The van der Waals surface area contributed by atoms with E-state index in [1.807, 2.05) is 0 Å². The van der Waals surface area contributed by atoms with Gasteiger partial charge in [-0.15, -0.1) is 0 Å². The van der Waals surface area contributed by atoms with Crippen LogP contribution in [0.4, 0.5) is 8.78 Å². The fourth-order valence-electron chi connectivity index (χ4n) is 1.73. The van der Waals surface area contributed by atoms with Gasteiger partial charge in [0.05, 0.1) is 13.0 Å². The molecule has 0 bridgehead atoms. The van der Waals surface area contributed by atoms with Gasteiger partial charge in [0.25, 0.3) is 0 Å². The standard InChI is InChI=1S/C13H17F2NO2/c1-4-18-12(17)8-11(16(2)3)9-6-5-7-10(14)13(9)15/h5-7,11H,4,8H2,1-3H3. The second kappa shape index (κ2) is 6.44. The van der Waals surface area contributed by atoms with Crippen molar-refractivity contribution >= 4 is 5.97 Å². The molecule has 1 aromatic rings. The molecular formula is C13H17F2NO2. The van der Waals surface area contributed by atoms with Crippen LogP contribution >= 0.6 is 0 Å². The van der Waals surface area contributed by atoms with Crippen LogP contribution in [0.3, 0.4) is 0 Å². The second-order valence-electron chi connectivity index (χ2n) is 4.13. The number of carbonyl (C=O) groups is 1. The van der Waals surface area contributed by atoms with Crippen molar-refractivity contribution in [2.75, 3.05) is 20.7 Å². The molecule has 18 heavy (non-hydrogen) atoms. The molecule has 0 aliphatic carbocycles. The van der Waals surface area contributed by atoms with Crippen LogP contribution in [0.15, 0.2) is 18.2 Å². The molecule has 0 aromatic heterocycles. The first kappa shape index (κ1) is 14.6. The average Bonchev–Trinajstić information content (AvgIpc) is 2.30. The van der Waals surface area contributed by atoms with Gasteiger partial charge < -0.3 is 9.64 Å². The van der Waals surface area contributed by atoms with Gasteiger partial charge in [0.1, 0.15) is 0 Å². The third-order valence-electron chi connectivity index (χ3n) is 2.63. The zero-order valence-electron chi connectivity index (χ0n) is 10.7. The lowest BCUT2D eigenvalue weighted by Crippen LogP contribution is -2.25. The first-order valence-electron chi connectivity index (χ1n) is 5.73. The molecule has 0 heterocycles. The van der Waals surface area contributed by atoms with Gasteiger partial charge in [-0.2, -0.15) is 0 Å². The molecule has 100 valence electrons. The summed E-state index contributed by atoms with van der Waals surface area (Å²) in [5.41, 5.74) is 0.160. The highest BCUT2D eigenvalue weighted by Gasteiger charge is 2.23. The van der Waals surface area contributed by atoms with Crippen molar-refractivity contribution in [3.05, 3.63) is 35.4 Å². The summed E-state index contributed by atoms with van der Waals surface area (Å²) in [6.45, 7) is 1.97. The summed E-state index contributed by atoms with van der Waals surface area (Å²) in [5.74, 6) is -2.26. The van der Waals surface area contributed by atoms with Crippen LogP contribution in [0.1, 0.15) is 24.9 Å². The minimum Gasteiger partial charge on any atom is -0.466 e. The molecule has 1 rings (SSSR count). The Morgan fingerprint density at radius 2 is 2.06 bits per heavy atom. The van der Waals surface area contributed by atoms with E-state index in [1.165, 1.54) is 12.1 Å². The zero-order chi connectivity index (χ0) is 13.7. The number of rotatable bonds is 5. The van der Waals surface area contributed by atoms with Crippen LogP contribution in [-0.4, -0.2) is 31.6 Å². The predicted molar refractivity (Wildman–Crippen MR) is 64.0 cm³/mol. The molecule has 0 aliphatic heterocycles. The Morgan fingerprint density at radius 1 is 1.39 bits per heavy atom. The van der Waals surface area contributed by atoms with Gasteiger partial charge >= 0.3 is 5.97 Å². The van der Waals surface area contributed by atoms with Crippen molar-refractivity contribution in [3.8, 4) is 0 Å². The fourth-order valence-corrected chi connectivity index (χ4v) is 1.73. The van der Waals surface area contributed by atoms with Crippen LogP contribution in [-0.2, 0) is 9.53 Å². The molecule has 0 aliphatic rings. The van der Waals surface area contributed by atoms with Gasteiger partial charge in [-0.1, -0.05) is 12.1 Å². The topological polar surface area (TPSA) is 29.5 Å². The molecule has 0 saturated carbocycles. The highest BCUT2D eigenvalue weighted by molar-refractivity contribution is 5.70. The fraction of sp³-hybridized carbons (Fsp3) is 0.462. The highest BCUT2D eigenvalue weighted by Crippen LogP contribution is 2.26. The number of carbonyl (C=O) groups excluding carboxylic acids is 1. The smallest absolute Gasteiger partial charge is 0.307 e. The average molecular weight is 257 g/mol. The van der Waals surface area contributed by atoms with Gasteiger partial charge in [-0.05, 0) is 27.1 Å². The van der Waals surface area contributed by atoms with Crippen molar-refractivity contribution in [2.45, 2.75) is 19.4 Å². The van der Waals surface area contributed by atoms with Crippen molar-refractivity contribution in [1.29, 1.82) is 0 Å². The molecule has 0 spiro atoms. The summed E-state index contributed by atoms with van der Waals surface area (Å²) in [5, 5.41) is 0. The van der Waals surface area contributed by atoms with Crippen molar-refractivity contribution in [1.82, 2.24) is 4.90 Å². The summed E-state index contributed by atoms with van der Waals surface area (Å²) < 4.78 is 31.7. The molecule has 1 aromatic carbocycles. The lowest BCUT2D eigenvalue weighted by molar-refractivity contribution is -0.144. The Morgan fingerprint density at radius 3 is 2.61 bits per heavy atom. The Bertz CT molecular complexity index is 421. The van der Waals surface area contributed by atoms with Gasteiger partial charge in [-0.3, -0.25) is 4.79 Å². The molecule has 0 saturated heterocycles.